The second-order valence-corrected chi connectivity index (χ2v) is 4.51. The van der Waals surface area contributed by atoms with Crippen molar-refractivity contribution in [3.05, 3.63) is 41.7 Å². The number of pyridine rings is 1. The molecule has 3 rings (SSSR count). The Hall–Kier alpha value is -1.55. The number of imidazole rings is 1. The van der Waals surface area contributed by atoms with Crippen molar-refractivity contribution in [2.45, 2.75) is 13.0 Å². The van der Waals surface area contributed by atoms with E-state index in [1.165, 1.54) is 0 Å². The second-order valence-electron chi connectivity index (χ2n) is 4.10. The number of nitrogens with zero attached hydrogens (tertiary/aromatic N) is 4. The van der Waals surface area contributed by atoms with E-state index in [2.05, 4.69) is 19.4 Å². The molecular formula is C12H13ClN4. The molecule has 2 aromatic heterocycles. The minimum Gasteiger partial charge on any atom is -0.368 e. The molecule has 0 aliphatic carbocycles. The average Bonchev–Trinajstić information content (AvgIpc) is 2.70. The van der Waals surface area contributed by atoms with Gasteiger partial charge in [-0.2, -0.15) is 0 Å². The van der Waals surface area contributed by atoms with Crippen LogP contribution in [-0.2, 0) is 13.0 Å². The second kappa shape index (κ2) is 4.37. The third-order valence-electron chi connectivity index (χ3n) is 3.11. The van der Waals surface area contributed by atoms with Crippen LogP contribution in [0.2, 0.25) is 5.02 Å². The minimum absolute atomic E-state index is 0.715. The highest BCUT2D eigenvalue weighted by Crippen LogP contribution is 2.25. The topological polar surface area (TPSA) is 34.0 Å². The summed E-state index contributed by atoms with van der Waals surface area (Å²) in [4.78, 5) is 10.7. The molecule has 1 aliphatic heterocycles. The average molecular weight is 249 g/mol. The van der Waals surface area contributed by atoms with Gasteiger partial charge in [0.25, 0.3) is 0 Å². The largest absolute Gasteiger partial charge is 0.368 e. The van der Waals surface area contributed by atoms with Crippen molar-refractivity contribution >= 4 is 17.3 Å². The van der Waals surface area contributed by atoms with Crippen molar-refractivity contribution in [3.8, 4) is 0 Å². The van der Waals surface area contributed by atoms with Crippen molar-refractivity contribution in [2.75, 3.05) is 18.0 Å². The first-order valence-electron chi connectivity index (χ1n) is 5.69. The van der Waals surface area contributed by atoms with Crippen LogP contribution in [0.4, 0.5) is 5.69 Å². The zero-order valence-corrected chi connectivity index (χ0v) is 10.1. The first-order valence-corrected chi connectivity index (χ1v) is 6.07. The Bertz CT molecular complexity index is 500. The van der Waals surface area contributed by atoms with Gasteiger partial charge < -0.3 is 9.47 Å². The Kier molecular flexibility index (Phi) is 2.73. The Morgan fingerprint density at radius 3 is 3.00 bits per heavy atom. The lowest BCUT2D eigenvalue weighted by molar-refractivity contribution is 0.688. The molecule has 5 heteroatoms. The summed E-state index contributed by atoms with van der Waals surface area (Å²) < 4.78 is 2.20. The molecule has 0 saturated heterocycles. The van der Waals surface area contributed by atoms with E-state index < -0.39 is 0 Å². The molecule has 4 nitrogen and oxygen atoms in total. The van der Waals surface area contributed by atoms with Crippen LogP contribution in [0.5, 0.6) is 0 Å². The molecule has 88 valence electrons. The quantitative estimate of drug-likeness (QED) is 0.774. The van der Waals surface area contributed by atoms with Gasteiger partial charge in [0.05, 0.1) is 10.7 Å². The lowest BCUT2D eigenvalue weighted by Gasteiger charge is -2.23. The van der Waals surface area contributed by atoms with Crippen LogP contribution in [0.15, 0.2) is 30.9 Å². The predicted octanol–water partition coefficient (Wildman–Crippen LogP) is 1.99. The standard InChI is InChI=1S/C12H13ClN4/c13-10-9-14-3-1-11(10)16-5-2-12-15-4-6-17(12)8-7-16/h1,3-4,6,9H,2,5,7-8H2. The fourth-order valence-electron chi connectivity index (χ4n) is 2.21. The number of hydrogen-bond acceptors (Lipinski definition) is 3. The molecule has 0 saturated carbocycles. The van der Waals surface area contributed by atoms with Gasteiger partial charge in [0.2, 0.25) is 0 Å². The molecule has 3 heterocycles. The van der Waals surface area contributed by atoms with Gasteiger partial charge >= 0.3 is 0 Å². The molecule has 17 heavy (non-hydrogen) atoms. The SMILES string of the molecule is Clc1cnccc1N1CCc2nccn2CC1. The summed E-state index contributed by atoms with van der Waals surface area (Å²) in [7, 11) is 0. The van der Waals surface area contributed by atoms with Gasteiger partial charge in [0, 0.05) is 50.8 Å². The van der Waals surface area contributed by atoms with Gasteiger partial charge in [-0.3, -0.25) is 4.98 Å². The fourth-order valence-corrected chi connectivity index (χ4v) is 2.45. The molecule has 0 N–H and O–H groups in total. The molecule has 0 atom stereocenters. The summed E-state index contributed by atoms with van der Waals surface area (Å²) in [5, 5.41) is 0.715. The van der Waals surface area contributed by atoms with Gasteiger partial charge in [-0.15, -0.1) is 0 Å². The van der Waals surface area contributed by atoms with Gasteiger partial charge in [-0.05, 0) is 6.07 Å². The van der Waals surface area contributed by atoms with E-state index >= 15 is 0 Å². The Labute approximate surface area is 105 Å². The molecule has 0 spiro atoms. The lowest BCUT2D eigenvalue weighted by atomic mass is 10.3. The van der Waals surface area contributed by atoms with E-state index in [1.54, 1.807) is 12.4 Å². The normalized spacial score (nSPS) is 15.5. The van der Waals surface area contributed by atoms with E-state index in [1.807, 2.05) is 18.5 Å². The van der Waals surface area contributed by atoms with Crippen molar-refractivity contribution in [1.29, 1.82) is 0 Å². The van der Waals surface area contributed by atoms with Gasteiger partial charge in [-0.25, -0.2) is 4.98 Å². The van der Waals surface area contributed by atoms with Crippen molar-refractivity contribution < 1.29 is 0 Å². The van der Waals surface area contributed by atoms with E-state index in [0.717, 1.165) is 37.6 Å². The zero-order chi connectivity index (χ0) is 11.7. The summed E-state index contributed by atoms with van der Waals surface area (Å²) in [6.45, 7) is 2.85. The maximum atomic E-state index is 6.17. The number of aromatic nitrogens is 3. The van der Waals surface area contributed by atoms with Crippen LogP contribution in [0.25, 0.3) is 0 Å². The molecule has 1 aliphatic rings. The van der Waals surface area contributed by atoms with Crippen molar-refractivity contribution in [2.24, 2.45) is 0 Å². The van der Waals surface area contributed by atoms with Crippen LogP contribution >= 0.6 is 11.6 Å². The van der Waals surface area contributed by atoms with E-state index in [4.69, 9.17) is 11.6 Å². The highest BCUT2D eigenvalue weighted by atomic mass is 35.5. The number of halogens is 1. The van der Waals surface area contributed by atoms with E-state index in [0.29, 0.717) is 5.02 Å². The number of anilines is 1. The van der Waals surface area contributed by atoms with E-state index in [9.17, 15) is 0 Å². The number of fused-ring (bicyclic) bond motifs is 1. The van der Waals surface area contributed by atoms with Gasteiger partial charge in [0.1, 0.15) is 5.82 Å². The van der Waals surface area contributed by atoms with Crippen LogP contribution in [-0.4, -0.2) is 27.6 Å². The molecule has 0 aromatic carbocycles. The summed E-state index contributed by atoms with van der Waals surface area (Å²) in [5.74, 6) is 1.15. The predicted molar refractivity (Wildman–Crippen MR) is 67.4 cm³/mol. The first kappa shape index (κ1) is 10.6. The maximum Gasteiger partial charge on any atom is 0.110 e. The zero-order valence-electron chi connectivity index (χ0n) is 9.38. The van der Waals surface area contributed by atoms with E-state index in [-0.39, 0.29) is 0 Å². The third kappa shape index (κ3) is 2.00. The van der Waals surface area contributed by atoms with Crippen LogP contribution in [0, 0.1) is 0 Å². The summed E-state index contributed by atoms with van der Waals surface area (Å²) in [5.41, 5.74) is 1.06. The summed E-state index contributed by atoms with van der Waals surface area (Å²) in [6, 6.07) is 1.97. The van der Waals surface area contributed by atoms with Gasteiger partial charge in [0.15, 0.2) is 0 Å². The lowest BCUT2D eigenvalue weighted by Crippen LogP contribution is -2.26. The number of hydrogen-bond donors (Lipinski definition) is 0. The number of rotatable bonds is 1. The van der Waals surface area contributed by atoms with Crippen LogP contribution in [0.3, 0.4) is 0 Å². The Balaban J connectivity index is 1.84. The molecule has 2 aromatic rings. The van der Waals surface area contributed by atoms with Gasteiger partial charge in [-0.1, -0.05) is 11.6 Å². The molecule has 0 amide bonds. The smallest absolute Gasteiger partial charge is 0.110 e. The van der Waals surface area contributed by atoms with Crippen molar-refractivity contribution in [3.63, 3.8) is 0 Å². The van der Waals surface area contributed by atoms with Crippen LogP contribution < -0.4 is 4.90 Å². The molecule has 0 fully saturated rings. The highest BCUT2D eigenvalue weighted by Gasteiger charge is 2.16. The minimum atomic E-state index is 0.715. The Morgan fingerprint density at radius 2 is 2.12 bits per heavy atom. The molecule has 0 bridgehead atoms. The van der Waals surface area contributed by atoms with Crippen LogP contribution in [0.1, 0.15) is 5.82 Å². The maximum absolute atomic E-state index is 6.17. The molecular weight excluding hydrogens is 236 g/mol. The summed E-state index contributed by atoms with van der Waals surface area (Å²) >= 11 is 6.17. The van der Waals surface area contributed by atoms with Crippen molar-refractivity contribution in [1.82, 2.24) is 14.5 Å². The summed E-state index contributed by atoms with van der Waals surface area (Å²) in [6.07, 6.45) is 8.33. The fraction of sp³-hybridized carbons (Fsp3) is 0.333. The Morgan fingerprint density at radius 1 is 1.18 bits per heavy atom. The molecule has 0 radical (unpaired) electrons. The third-order valence-corrected chi connectivity index (χ3v) is 3.40. The molecule has 0 unspecified atom stereocenters. The highest BCUT2D eigenvalue weighted by molar-refractivity contribution is 6.33. The first-order chi connectivity index (χ1) is 8.34. The monoisotopic (exact) mass is 248 g/mol.